The molecule has 2 unspecified atom stereocenters. The number of hydrogen-bond acceptors (Lipinski definition) is 6. The minimum atomic E-state index is -0.462. The van der Waals surface area contributed by atoms with Crippen LogP contribution in [0.25, 0.3) is 0 Å². The summed E-state index contributed by atoms with van der Waals surface area (Å²) < 4.78 is 9.96. The first-order valence-corrected chi connectivity index (χ1v) is 7.39. The van der Waals surface area contributed by atoms with Gasteiger partial charge in [-0.2, -0.15) is 4.98 Å². The van der Waals surface area contributed by atoms with Gasteiger partial charge in [0.2, 0.25) is 6.39 Å². The van der Waals surface area contributed by atoms with Crippen molar-refractivity contribution in [2.75, 3.05) is 6.54 Å². The minimum absolute atomic E-state index is 0.355. The summed E-state index contributed by atoms with van der Waals surface area (Å²) in [6.45, 7) is 6.79. The van der Waals surface area contributed by atoms with Crippen molar-refractivity contribution in [3.8, 4) is 0 Å². The van der Waals surface area contributed by atoms with E-state index in [4.69, 9.17) is 9.26 Å². The molecule has 1 aromatic rings. The third kappa shape index (κ3) is 5.34. The molecule has 0 spiro atoms. The third-order valence-corrected chi connectivity index (χ3v) is 3.50. The summed E-state index contributed by atoms with van der Waals surface area (Å²) in [6.07, 6.45) is 4.32. The monoisotopic (exact) mass is 296 g/mol. The fourth-order valence-corrected chi connectivity index (χ4v) is 2.57. The number of carbonyl (C=O) groups is 1. The van der Waals surface area contributed by atoms with Crippen LogP contribution in [-0.2, 0) is 11.3 Å². The molecule has 2 N–H and O–H groups in total. The summed E-state index contributed by atoms with van der Waals surface area (Å²) in [7, 11) is 0. The second-order valence-corrected chi connectivity index (χ2v) is 6.41. The maximum absolute atomic E-state index is 11.7. The number of nitrogens with zero attached hydrogens (tertiary/aromatic N) is 2. The van der Waals surface area contributed by atoms with Gasteiger partial charge in [-0.25, -0.2) is 4.79 Å². The molecule has 0 radical (unpaired) electrons. The number of rotatable bonds is 5. The first-order valence-electron chi connectivity index (χ1n) is 7.39. The van der Waals surface area contributed by atoms with E-state index in [0.29, 0.717) is 30.9 Å². The molecule has 118 valence electrons. The van der Waals surface area contributed by atoms with E-state index in [0.717, 1.165) is 19.3 Å². The fourth-order valence-electron chi connectivity index (χ4n) is 2.57. The third-order valence-electron chi connectivity index (χ3n) is 3.50. The Labute approximate surface area is 124 Å². The van der Waals surface area contributed by atoms with E-state index in [1.165, 1.54) is 6.39 Å². The molecule has 1 heterocycles. The lowest BCUT2D eigenvalue weighted by atomic mass is 10.0. The normalized spacial score (nSPS) is 22.2. The molecule has 0 aromatic carbocycles. The van der Waals surface area contributed by atoms with Crippen molar-refractivity contribution < 1.29 is 14.1 Å². The molecular weight excluding hydrogens is 272 g/mol. The largest absolute Gasteiger partial charge is 0.444 e. The van der Waals surface area contributed by atoms with Crippen LogP contribution in [0.5, 0.6) is 0 Å². The molecule has 1 fully saturated rings. The standard InChI is InChI=1S/C14H24N4O3/c1-14(2,3)21-13(19)16-7-10-5-4-6-11(10)15-8-12-17-9-20-18-12/h9-11,15H,4-8H2,1-3H3,(H,16,19). The molecule has 1 aromatic heterocycles. The lowest BCUT2D eigenvalue weighted by Crippen LogP contribution is -2.40. The molecule has 0 bridgehead atoms. The van der Waals surface area contributed by atoms with E-state index in [1.807, 2.05) is 20.8 Å². The molecule has 1 aliphatic rings. The summed E-state index contributed by atoms with van der Waals surface area (Å²) >= 11 is 0. The number of aromatic nitrogens is 2. The Morgan fingerprint density at radius 1 is 1.48 bits per heavy atom. The summed E-state index contributed by atoms with van der Waals surface area (Å²) in [5.41, 5.74) is -0.462. The van der Waals surface area contributed by atoms with Gasteiger partial charge in [-0.05, 0) is 39.5 Å². The second kappa shape index (κ2) is 6.89. The second-order valence-electron chi connectivity index (χ2n) is 6.41. The minimum Gasteiger partial charge on any atom is -0.444 e. The van der Waals surface area contributed by atoms with Crippen molar-refractivity contribution in [3.63, 3.8) is 0 Å². The van der Waals surface area contributed by atoms with Gasteiger partial charge in [0.25, 0.3) is 0 Å². The first-order chi connectivity index (χ1) is 9.94. The molecule has 1 amide bonds. The number of nitrogens with one attached hydrogen (secondary N) is 2. The number of alkyl carbamates (subject to hydrolysis) is 1. The van der Waals surface area contributed by atoms with Gasteiger partial charge >= 0.3 is 6.09 Å². The van der Waals surface area contributed by atoms with E-state index in [9.17, 15) is 4.79 Å². The van der Waals surface area contributed by atoms with Gasteiger partial charge < -0.3 is 19.9 Å². The quantitative estimate of drug-likeness (QED) is 0.862. The van der Waals surface area contributed by atoms with Gasteiger partial charge in [-0.1, -0.05) is 11.6 Å². The van der Waals surface area contributed by atoms with E-state index >= 15 is 0 Å². The Kier molecular flexibility index (Phi) is 5.17. The maximum Gasteiger partial charge on any atom is 0.407 e. The highest BCUT2D eigenvalue weighted by atomic mass is 16.6. The van der Waals surface area contributed by atoms with Gasteiger partial charge in [0.15, 0.2) is 5.82 Å². The zero-order valence-electron chi connectivity index (χ0n) is 12.9. The van der Waals surface area contributed by atoms with E-state index in [-0.39, 0.29) is 6.09 Å². The summed E-state index contributed by atoms with van der Waals surface area (Å²) in [5, 5.41) is 10.1. The van der Waals surface area contributed by atoms with E-state index in [1.54, 1.807) is 0 Å². The van der Waals surface area contributed by atoms with Crippen LogP contribution in [-0.4, -0.2) is 34.4 Å². The van der Waals surface area contributed by atoms with Crippen LogP contribution in [0.2, 0.25) is 0 Å². The zero-order valence-corrected chi connectivity index (χ0v) is 12.9. The predicted molar refractivity (Wildman–Crippen MR) is 76.5 cm³/mol. The van der Waals surface area contributed by atoms with Crippen molar-refractivity contribution in [3.05, 3.63) is 12.2 Å². The summed E-state index contributed by atoms with van der Waals surface area (Å²) in [6, 6.07) is 0.360. The van der Waals surface area contributed by atoms with Crippen LogP contribution in [0.1, 0.15) is 45.9 Å². The molecule has 7 nitrogen and oxygen atoms in total. The van der Waals surface area contributed by atoms with Gasteiger partial charge in [-0.15, -0.1) is 0 Å². The molecule has 0 saturated heterocycles. The molecular formula is C14H24N4O3. The number of carbonyl (C=O) groups excluding carboxylic acids is 1. The van der Waals surface area contributed by atoms with Crippen molar-refractivity contribution in [1.29, 1.82) is 0 Å². The van der Waals surface area contributed by atoms with Gasteiger partial charge in [0, 0.05) is 12.6 Å². The Morgan fingerprint density at radius 3 is 2.95 bits per heavy atom. The maximum atomic E-state index is 11.7. The van der Waals surface area contributed by atoms with Crippen molar-refractivity contribution in [2.24, 2.45) is 5.92 Å². The highest BCUT2D eigenvalue weighted by Crippen LogP contribution is 2.25. The molecule has 21 heavy (non-hydrogen) atoms. The lowest BCUT2D eigenvalue weighted by Gasteiger charge is -2.23. The average molecular weight is 296 g/mol. The lowest BCUT2D eigenvalue weighted by molar-refractivity contribution is 0.0517. The highest BCUT2D eigenvalue weighted by Gasteiger charge is 2.28. The van der Waals surface area contributed by atoms with Crippen LogP contribution in [0, 0.1) is 5.92 Å². The SMILES string of the molecule is CC(C)(C)OC(=O)NCC1CCCC1NCc1ncon1. The predicted octanol–water partition coefficient (Wildman–Crippen LogP) is 1.85. The van der Waals surface area contributed by atoms with Crippen molar-refractivity contribution in [1.82, 2.24) is 20.8 Å². The van der Waals surface area contributed by atoms with Crippen LogP contribution in [0.15, 0.2) is 10.9 Å². The highest BCUT2D eigenvalue weighted by molar-refractivity contribution is 5.67. The number of amides is 1. The molecule has 0 aliphatic heterocycles. The molecule has 1 aliphatic carbocycles. The average Bonchev–Trinajstić information content (AvgIpc) is 3.03. The van der Waals surface area contributed by atoms with Crippen LogP contribution < -0.4 is 10.6 Å². The molecule has 2 atom stereocenters. The topological polar surface area (TPSA) is 89.3 Å². The number of hydrogen-bond donors (Lipinski definition) is 2. The van der Waals surface area contributed by atoms with Gasteiger partial charge in [0.1, 0.15) is 5.60 Å². The summed E-state index contributed by atoms with van der Waals surface area (Å²) in [5.74, 6) is 1.06. The fraction of sp³-hybridized carbons (Fsp3) is 0.786. The summed E-state index contributed by atoms with van der Waals surface area (Å²) in [4.78, 5) is 15.7. The van der Waals surface area contributed by atoms with Crippen LogP contribution in [0.3, 0.4) is 0 Å². The smallest absolute Gasteiger partial charge is 0.407 e. The van der Waals surface area contributed by atoms with Gasteiger partial charge in [-0.3, -0.25) is 0 Å². The first kappa shape index (κ1) is 15.8. The molecule has 7 heteroatoms. The number of ether oxygens (including phenoxy) is 1. The van der Waals surface area contributed by atoms with E-state index < -0.39 is 5.60 Å². The molecule has 1 saturated carbocycles. The Bertz CT molecular complexity index is 442. The van der Waals surface area contributed by atoms with Crippen LogP contribution in [0.4, 0.5) is 4.79 Å². The van der Waals surface area contributed by atoms with Crippen molar-refractivity contribution >= 4 is 6.09 Å². The Balaban J connectivity index is 1.73. The van der Waals surface area contributed by atoms with Crippen LogP contribution >= 0.6 is 0 Å². The van der Waals surface area contributed by atoms with E-state index in [2.05, 4.69) is 20.8 Å². The van der Waals surface area contributed by atoms with Crippen molar-refractivity contribution in [2.45, 2.75) is 58.2 Å². The molecule has 2 rings (SSSR count). The Morgan fingerprint density at radius 2 is 2.29 bits per heavy atom. The Hall–Kier alpha value is -1.63. The van der Waals surface area contributed by atoms with Gasteiger partial charge in [0.05, 0.1) is 6.54 Å². The zero-order chi connectivity index (χ0) is 15.3.